The first-order chi connectivity index (χ1) is 12.9. The molecular formula is C18H25N7S2. The fourth-order valence-electron chi connectivity index (χ4n) is 2.71. The van der Waals surface area contributed by atoms with Crippen molar-refractivity contribution >= 4 is 40.9 Å². The summed E-state index contributed by atoms with van der Waals surface area (Å²) >= 11 is 6.83. The number of anilines is 2. The quantitative estimate of drug-likeness (QED) is 0.453. The van der Waals surface area contributed by atoms with E-state index in [0.29, 0.717) is 16.2 Å². The summed E-state index contributed by atoms with van der Waals surface area (Å²) < 4.78 is 0. The largest absolute Gasteiger partial charge is 0.358 e. The second-order valence-electron chi connectivity index (χ2n) is 7.40. The van der Waals surface area contributed by atoms with E-state index >= 15 is 0 Å². The Morgan fingerprint density at radius 1 is 1.11 bits per heavy atom. The summed E-state index contributed by atoms with van der Waals surface area (Å²) in [6, 6.07) is 3.80. The number of nitrogens with zero attached hydrogens (tertiary/aromatic N) is 5. The van der Waals surface area contributed by atoms with Crippen molar-refractivity contribution < 1.29 is 0 Å². The lowest BCUT2D eigenvalue weighted by Crippen LogP contribution is -2.43. The lowest BCUT2D eigenvalue weighted by atomic mass is 10.1. The van der Waals surface area contributed by atoms with Gasteiger partial charge in [-0.25, -0.2) is 15.0 Å². The maximum atomic E-state index is 5.41. The van der Waals surface area contributed by atoms with E-state index < -0.39 is 0 Å². The molecule has 1 aliphatic rings. The molecule has 0 atom stereocenters. The molecule has 1 fully saturated rings. The molecule has 0 unspecified atom stereocenters. The Bertz CT molecular complexity index is 771. The lowest BCUT2D eigenvalue weighted by molar-refractivity contribution is 0.514. The van der Waals surface area contributed by atoms with Crippen molar-refractivity contribution in [2.45, 2.75) is 55.8 Å². The van der Waals surface area contributed by atoms with Gasteiger partial charge in [-0.15, -0.1) is 0 Å². The minimum atomic E-state index is -0.135. The standard InChI is InChI=1S/C18H25N7S2/c1-18(2,3)24-16(26)23-15-21-13(25-10-5-4-6-11-25)12-14(22-15)27-17-19-8-7-9-20-17/h7-9,12H,4-6,10-11H2,1-3H3,(H2,21,22,23,24,26). The van der Waals surface area contributed by atoms with Crippen LogP contribution in [0.3, 0.4) is 0 Å². The highest BCUT2D eigenvalue weighted by atomic mass is 32.2. The smallest absolute Gasteiger partial charge is 0.232 e. The molecule has 0 radical (unpaired) electrons. The van der Waals surface area contributed by atoms with E-state index in [0.717, 1.165) is 23.9 Å². The van der Waals surface area contributed by atoms with E-state index in [9.17, 15) is 0 Å². The van der Waals surface area contributed by atoms with Crippen LogP contribution in [-0.2, 0) is 0 Å². The zero-order chi connectivity index (χ0) is 19.3. The van der Waals surface area contributed by atoms with Crippen LogP contribution in [0, 0.1) is 0 Å². The van der Waals surface area contributed by atoms with E-state index in [1.807, 2.05) is 6.07 Å². The van der Waals surface area contributed by atoms with Crippen molar-refractivity contribution in [1.82, 2.24) is 25.3 Å². The zero-order valence-electron chi connectivity index (χ0n) is 15.9. The van der Waals surface area contributed by atoms with Gasteiger partial charge in [0.25, 0.3) is 0 Å². The normalized spacial score (nSPS) is 14.7. The Morgan fingerprint density at radius 2 is 1.81 bits per heavy atom. The molecular weight excluding hydrogens is 378 g/mol. The molecule has 0 aliphatic carbocycles. The van der Waals surface area contributed by atoms with Crippen molar-refractivity contribution in [1.29, 1.82) is 0 Å². The van der Waals surface area contributed by atoms with Crippen LogP contribution in [0.4, 0.5) is 11.8 Å². The van der Waals surface area contributed by atoms with Crippen molar-refractivity contribution in [2.75, 3.05) is 23.3 Å². The van der Waals surface area contributed by atoms with Crippen LogP contribution >= 0.6 is 24.0 Å². The Balaban J connectivity index is 1.84. The first-order valence-electron chi connectivity index (χ1n) is 9.07. The molecule has 2 N–H and O–H groups in total. The molecule has 2 aromatic heterocycles. The molecule has 3 heterocycles. The summed E-state index contributed by atoms with van der Waals surface area (Å²) in [4.78, 5) is 20.1. The second-order valence-corrected chi connectivity index (χ2v) is 8.79. The monoisotopic (exact) mass is 403 g/mol. The maximum absolute atomic E-state index is 5.41. The summed E-state index contributed by atoms with van der Waals surface area (Å²) in [6.45, 7) is 8.18. The maximum Gasteiger partial charge on any atom is 0.232 e. The molecule has 2 aromatic rings. The van der Waals surface area contributed by atoms with Crippen LogP contribution in [-0.4, -0.2) is 43.7 Å². The van der Waals surface area contributed by atoms with Crippen molar-refractivity contribution in [3.05, 3.63) is 24.5 Å². The molecule has 0 bridgehead atoms. The van der Waals surface area contributed by atoms with Gasteiger partial charge in [0, 0.05) is 37.1 Å². The predicted molar refractivity (Wildman–Crippen MR) is 113 cm³/mol. The SMILES string of the molecule is CC(C)(C)NC(=S)Nc1nc(Sc2ncccn2)cc(N2CCCCC2)n1. The topological polar surface area (TPSA) is 78.9 Å². The van der Waals surface area contributed by atoms with Gasteiger partial charge in [0.2, 0.25) is 5.95 Å². The lowest BCUT2D eigenvalue weighted by Gasteiger charge is -2.28. The summed E-state index contributed by atoms with van der Waals surface area (Å²) in [5, 5.41) is 8.30. The Hall–Kier alpha value is -2.00. The van der Waals surface area contributed by atoms with Gasteiger partial charge in [0.15, 0.2) is 10.3 Å². The van der Waals surface area contributed by atoms with Gasteiger partial charge < -0.3 is 15.5 Å². The highest BCUT2D eigenvalue weighted by Gasteiger charge is 2.17. The van der Waals surface area contributed by atoms with E-state index in [-0.39, 0.29) is 5.54 Å². The molecule has 144 valence electrons. The number of thiocarbonyl (C=S) groups is 1. The van der Waals surface area contributed by atoms with E-state index in [1.165, 1.54) is 31.0 Å². The molecule has 3 rings (SSSR count). The molecule has 0 saturated carbocycles. The molecule has 0 spiro atoms. The van der Waals surface area contributed by atoms with Crippen LogP contribution in [0.1, 0.15) is 40.0 Å². The Kier molecular flexibility index (Phi) is 6.43. The van der Waals surface area contributed by atoms with E-state index in [1.54, 1.807) is 18.5 Å². The predicted octanol–water partition coefficient (Wildman–Crippen LogP) is 3.49. The van der Waals surface area contributed by atoms with Gasteiger partial charge >= 0.3 is 0 Å². The van der Waals surface area contributed by atoms with Gasteiger partial charge in [-0.3, -0.25) is 0 Å². The second kappa shape index (κ2) is 8.79. The van der Waals surface area contributed by atoms with Crippen LogP contribution in [0.2, 0.25) is 0 Å². The van der Waals surface area contributed by atoms with Crippen LogP contribution in [0.15, 0.2) is 34.7 Å². The molecule has 9 heteroatoms. The number of hydrogen-bond donors (Lipinski definition) is 2. The fourth-order valence-corrected chi connectivity index (χ4v) is 3.82. The molecule has 0 amide bonds. The first kappa shape index (κ1) is 19.8. The summed E-state index contributed by atoms with van der Waals surface area (Å²) in [7, 11) is 0. The van der Waals surface area contributed by atoms with Crippen molar-refractivity contribution in [2.24, 2.45) is 0 Å². The third kappa shape index (κ3) is 6.28. The number of rotatable bonds is 4. The number of hydrogen-bond acceptors (Lipinski definition) is 7. The molecule has 1 aliphatic heterocycles. The highest BCUT2D eigenvalue weighted by molar-refractivity contribution is 7.99. The van der Waals surface area contributed by atoms with Gasteiger partial charge in [-0.1, -0.05) is 0 Å². The molecule has 1 saturated heterocycles. The average Bonchev–Trinajstić information content (AvgIpc) is 2.61. The van der Waals surface area contributed by atoms with Crippen LogP contribution in [0.25, 0.3) is 0 Å². The minimum Gasteiger partial charge on any atom is -0.358 e. The summed E-state index contributed by atoms with van der Waals surface area (Å²) in [5.74, 6) is 1.39. The average molecular weight is 404 g/mol. The minimum absolute atomic E-state index is 0.135. The third-order valence-electron chi connectivity index (χ3n) is 3.82. The van der Waals surface area contributed by atoms with Crippen molar-refractivity contribution in [3.8, 4) is 0 Å². The third-order valence-corrected chi connectivity index (χ3v) is 4.84. The van der Waals surface area contributed by atoms with Gasteiger partial charge in [-0.2, -0.15) is 4.98 Å². The summed E-state index contributed by atoms with van der Waals surface area (Å²) in [5.41, 5.74) is -0.135. The van der Waals surface area contributed by atoms with Crippen LogP contribution in [0.5, 0.6) is 0 Å². The Morgan fingerprint density at radius 3 is 2.48 bits per heavy atom. The molecule has 0 aromatic carbocycles. The molecule has 7 nitrogen and oxygen atoms in total. The van der Waals surface area contributed by atoms with Crippen LogP contribution < -0.4 is 15.5 Å². The Labute approximate surface area is 169 Å². The zero-order valence-corrected chi connectivity index (χ0v) is 17.5. The number of aromatic nitrogens is 4. The van der Waals surface area contributed by atoms with Gasteiger partial charge in [0.1, 0.15) is 10.8 Å². The highest BCUT2D eigenvalue weighted by Crippen LogP contribution is 2.28. The summed E-state index contributed by atoms with van der Waals surface area (Å²) in [6.07, 6.45) is 7.08. The van der Waals surface area contributed by atoms with E-state index in [2.05, 4.69) is 51.3 Å². The van der Waals surface area contributed by atoms with Gasteiger partial charge in [0.05, 0.1) is 0 Å². The van der Waals surface area contributed by atoms with Gasteiger partial charge in [-0.05, 0) is 70.1 Å². The first-order valence-corrected chi connectivity index (χ1v) is 10.3. The number of nitrogens with one attached hydrogen (secondary N) is 2. The number of piperidine rings is 1. The van der Waals surface area contributed by atoms with E-state index in [4.69, 9.17) is 17.2 Å². The molecule has 27 heavy (non-hydrogen) atoms. The fraction of sp³-hybridized carbons (Fsp3) is 0.500. The van der Waals surface area contributed by atoms with Crippen molar-refractivity contribution in [3.63, 3.8) is 0 Å².